The maximum absolute atomic E-state index is 5.82. The zero-order chi connectivity index (χ0) is 11.4. The highest BCUT2D eigenvalue weighted by Crippen LogP contribution is 2.12. The Morgan fingerprint density at radius 1 is 1.38 bits per heavy atom. The highest BCUT2D eigenvalue weighted by molar-refractivity contribution is 9.11. The minimum atomic E-state index is 0.104. The molecule has 0 fully saturated rings. The summed E-state index contributed by atoms with van der Waals surface area (Å²) in [6, 6.07) is 4.13. The molecule has 2 rings (SSSR count). The SMILES string of the molecule is NC1=NC=C(Br)NC1CCc1ccncc1. The van der Waals surface area contributed by atoms with Gasteiger partial charge in [-0.1, -0.05) is 0 Å². The fraction of sp³-hybridized carbons (Fsp3) is 0.273. The topological polar surface area (TPSA) is 63.3 Å². The van der Waals surface area contributed by atoms with Crippen molar-refractivity contribution in [3.05, 3.63) is 40.9 Å². The second kappa shape index (κ2) is 5.12. The van der Waals surface area contributed by atoms with Crippen LogP contribution in [0.2, 0.25) is 0 Å². The summed E-state index contributed by atoms with van der Waals surface area (Å²) < 4.78 is 0.876. The predicted octanol–water partition coefficient (Wildman–Crippen LogP) is 1.54. The Labute approximate surface area is 103 Å². The number of hydrogen-bond acceptors (Lipinski definition) is 4. The third-order valence-electron chi connectivity index (χ3n) is 2.47. The molecule has 0 saturated carbocycles. The van der Waals surface area contributed by atoms with Crippen LogP contribution in [-0.2, 0) is 6.42 Å². The number of rotatable bonds is 3. The number of nitrogens with one attached hydrogen (secondary N) is 1. The predicted molar refractivity (Wildman–Crippen MR) is 68.1 cm³/mol. The molecular formula is C11H13BrN4. The number of pyridine rings is 1. The number of aliphatic imine (C=N–C) groups is 1. The van der Waals surface area contributed by atoms with Gasteiger partial charge in [-0.3, -0.25) is 4.98 Å². The van der Waals surface area contributed by atoms with E-state index in [9.17, 15) is 0 Å². The van der Waals surface area contributed by atoms with Crippen LogP contribution >= 0.6 is 15.9 Å². The van der Waals surface area contributed by atoms with Crippen LogP contribution in [0.4, 0.5) is 0 Å². The van der Waals surface area contributed by atoms with E-state index in [2.05, 4.69) is 31.2 Å². The fourth-order valence-corrected chi connectivity index (χ4v) is 1.96. The smallest absolute Gasteiger partial charge is 0.122 e. The summed E-state index contributed by atoms with van der Waals surface area (Å²) in [4.78, 5) is 8.10. The summed E-state index contributed by atoms with van der Waals surface area (Å²) in [6.45, 7) is 0. The molecule has 84 valence electrons. The van der Waals surface area contributed by atoms with E-state index in [1.165, 1.54) is 5.56 Å². The fourth-order valence-electron chi connectivity index (χ4n) is 1.58. The van der Waals surface area contributed by atoms with Gasteiger partial charge in [0, 0.05) is 12.4 Å². The molecule has 1 unspecified atom stereocenters. The maximum atomic E-state index is 5.82. The van der Waals surface area contributed by atoms with Gasteiger partial charge in [0.05, 0.1) is 16.8 Å². The molecule has 2 heterocycles. The summed E-state index contributed by atoms with van der Waals surface area (Å²) in [6.07, 6.45) is 7.16. The first-order valence-electron chi connectivity index (χ1n) is 5.10. The lowest BCUT2D eigenvalue weighted by Gasteiger charge is -2.21. The third kappa shape index (κ3) is 2.82. The van der Waals surface area contributed by atoms with Gasteiger partial charge in [0.2, 0.25) is 0 Å². The zero-order valence-electron chi connectivity index (χ0n) is 8.73. The van der Waals surface area contributed by atoms with Crippen LogP contribution in [-0.4, -0.2) is 16.9 Å². The first-order valence-corrected chi connectivity index (χ1v) is 5.89. The average Bonchev–Trinajstić information content (AvgIpc) is 2.32. The van der Waals surface area contributed by atoms with E-state index in [1.54, 1.807) is 18.6 Å². The van der Waals surface area contributed by atoms with Crippen LogP contribution in [0.15, 0.2) is 40.3 Å². The molecule has 0 bridgehead atoms. The number of aryl methyl sites for hydroxylation is 1. The Balaban J connectivity index is 1.92. The van der Waals surface area contributed by atoms with Crippen molar-refractivity contribution in [3.8, 4) is 0 Å². The molecule has 1 aromatic heterocycles. The molecular weight excluding hydrogens is 268 g/mol. The molecule has 0 amide bonds. The largest absolute Gasteiger partial charge is 0.385 e. The summed E-state index contributed by atoms with van der Waals surface area (Å²) in [5.41, 5.74) is 7.07. The van der Waals surface area contributed by atoms with Crippen LogP contribution in [0.25, 0.3) is 0 Å². The Kier molecular flexibility index (Phi) is 3.56. The Bertz CT molecular complexity index is 413. The van der Waals surface area contributed by atoms with Crippen LogP contribution in [0.1, 0.15) is 12.0 Å². The number of aromatic nitrogens is 1. The van der Waals surface area contributed by atoms with Crippen molar-refractivity contribution in [1.29, 1.82) is 0 Å². The molecule has 0 radical (unpaired) electrons. The monoisotopic (exact) mass is 280 g/mol. The molecule has 0 aliphatic carbocycles. The van der Waals surface area contributed by atoms with E-state index in [1.807, 2.05) is 12.1 Å². The lowest BCUT2D eigenvalue weighted by molar-refractivity contribution is 0.649. The van der Waals surface area contributed by atoms with Crippen LogP contribution in [0.5, 0.6) is 0 Å². The highest BCUT2D eigenvalue weighted by atomic mass is 79.9. The van der Waals surface area contributed by atoms with Gasteiger partial charge < -0.3 is 11.1 Å². The van der Waals surface area contributed by atoms with Crippen LogP contribution in [0, 0.1) is 0 Å². The molecule has 5 heteroatoms. The molecule has 3 N–H and O–H groups in total. The molecule has 1 aliphatic heterocycles. The molecule has 4 nitrogen and oxygen atoms in total. The van der Waals surface area contributed by atoms with Crippen molar-refractivity contribution in [2.24, 2.45) is 10.7 Å². The molecule has 0 spiro atoms. The maximum Gasteiger partial charge on any atom is 0.122 e. The number of amidine groups is 1. The molecule has 1 aliphatic rings. The van der Waals surface area contributed by atoms with Crippen LogP contribution < -0.4 is 11.1 Å². The minimum Gasteiger partial charge on any atom is -0.385 e. The number of nitrogens with zero attached hydrogens (tertiary/aromatic N) is 2. The molecule has 1 atom stereocenters. The Hall–Kier alpha value is -1.36. The Morgan fingerprint density at radius 3 is 2.88 bits per heavy atom. The van der Waals surface area contributed by atoms with Crippen molar-refractivity contribution < 1.29 is 0 Å². The normalized spacial score (nSPS) is 19.7. The molecule has 16 heavy (non-hydrogen) atoms. The number of nitrogens with two attached hydrogens (primary N) is 1. The third-order valence-corrected chi connectivity index (χ3v) is 2.90. The highest BCUT2D eigenvalue weighted by Gasteiger charge is 2.16. The van der Waals surface area contributed by atoms with E-state index >= 15 is 0 Å². The van der Waals surface area contributed by atoms with Gasteiger partial charge in [0.25, 0.3) is 0 Å². The van der Waals surface area contributed by atoms with Crippen molar-refractivity contribution in [2.45, 2.75) is 18.9 Å². The minimum absolute atomic E-state index is 0.104. The van der Waals surface area contributed by atoms with Gasteiger partial charge in [0.15, 0.2) is 0 Å². The van der Waals surface area contributed by atoms with Gasteiger partial charge in [-0.05, 0) is 46.5 Å². The summed E-state index contributed by atoms with van der Waals surface area (Å²) in [5, 5.41) is 3.24. The van der Waals surface area contributed by atoms with Crippen molar-refractivity contribution >= 4 is 21.8 Å². The van der Waals surface area contributed by atoms with Gasteiger partial charge >= 0.3 is 0 Å². The summed E-state index contributed by atoms with van der Waals surface area (Å²) >= 11 is 3.36. The summed E-state index contributed by atoms with van der Waals surface area (Å²) in [5.74, 6) is 0.636. The van der Waals surface area contributed by atoms with Crippen LogP contribution in [0.3, 0.4) is 0 Å². The zero-order valence-corrected chi connectivity index (χ0v) is 10.3. The van der Waals surface area contributed by atoms with Crippen molar-refractivity contribution in [1.82, 2.24) is 10.3 Å². The quantitative estimate of drug-likeness (QED) is 0.826. The van der Waals surface area contributed by atoms with Gasteiger partial charge in [0.1, 0.15) is 5.84 Å². The average molecular weight is 281 g/mol. The van der Waals surface area contributed by atoms with E-state index < -0.39 is 0 Å². The van der Waals surface area contributed by atoms with E-state index in [4.69, 9.17) is 5.73 Å². The number of hydrogen-bond donors (Lipinski definition) is 2. The van der Waals surface area contributed by atoms with Gasteiger partial charge in [-0.25, -0.2) is 4.99 Å². The van der Waals surface area contributed by atoms with E-state index in [0.717, 1.165) is 17.4 Å². The Morgan fingerprint density at radius 2 is 2.12 bits per heavy atom. The lowest BCUT2D eigenvalue weighted by atomic mass is 10.1. The standard InChI is InChI=1S/C11H13BrN4/c12-10-7-15-11(13)9(16-10)2-1-8-3-5-14-6-4-8/h3-7,9,16H,1-2H2,(H2,13,15). The summed E-state index contributed by atoms with van der Waals surface area (Å²) in [7, 11) is 0. The second-order valence-corrected chi connectivity index (χ2v) is 4.48. The first kappa shape index (κ1) is 11.1. The van der Waals surface area contributed by atoms with Crippen molar-refractivity contribution in [3.63, 3.8) is 0 Å². The lowest BCUT2D eigenvalue weighted by Crippen LogP contribution is -2.42. The first-order chi connectivity index (χ1) is 7.75. The van der Waals surface area contributed by atoms with Gasteiger partial charge in [-0.2, -0.15) is 0 Å². The van der Waals surface area contributed by atoms with Crippen molar-refractivity contribution in [2.75, 3.05) is 0 Å². The second-order valence-electron chi connectivity index (χ2n) is 3.62. The number of halogens is 1. The molecule has 0 aromatic carbocycles. The molecule has 1 aromatic rings. The van der Waals surface area contributed by atoms with Gasteiger partial charge in [-0.15, -0.1) is 0 Å². The van der Waals surface area contributed by atoms with E-state index in [0.29, 0.717) is 5.84 Å². The van der Waals surface area contributed by atoms with E-state index in [-0.39, 0.29) is 6.04 Å². The molecule has 0 saturated heterocycles.